The van der Waals surface area contributed by atoms with Crippen LogP contribution in [0.25, 0.3) is 0 Å². The second-order valence-electron chi connectivity index (χ2n) is 5.97. The van der Waals surface area contributed by atoms with E-state index in [-0.39, 0.29) is 0 Å². The van der Waals surface area contributed by atoms with Gasteiger partial charge in [-0.3, -0.25) is 0 Å². The van der Waals surface area contributed by atoms with Crippen molar-refractivity contribution in [3.8, 4) is 0 Å². The Morgan fingerprint density at radius 3 is 2.67 bits per heavy atom. The quantitative estimate of drug-likeness (QED) is 0.810. The zero-order valence-electron chi connectivity index (χ0n) is 11.2. The summed E-state index contributed by atoms with van der Waals surface area (Å²) < 4.78 is 1.29. The molecular weight excluding hydrogens is 306 g/mol. The van der Waals surface area contributed by atoms with E-state index in [0.717, 1.165) is 24.3 Å². The zero-order valence-corrected chi connectivity index (χ0v) is 13.6. The Bertz CT molecular complexity index is 399. The molecule has 2 aliphatic carbocycles. The molecule has 18 heavy (non-hydrogen) atoms. The van der Waals surface area contributed by atoms with Crippen LogP contribution >= 0.6 is 27.3 Å². The second kappa shape index (κ2) is 5.26. The van der Waals surface area contributed by atoms with Crippen LogP contribution in [0.3, 0.4) is 0 Å². The van der Waals surface area contributed by atoms with Crippen molar-refractivity contribution >= 4 is 27.3 Å². The fourth-order valence-corrected chi connectivity index (χ4v) is 5.20. The van der Waals surface area contributed by atoms with E-state index in [1.807, 2.05) is 11.3 Å². The fourth-order valence-electron chi connectivity index (χ4n) is 3.47. The molecule has 0 saturated heterocycles. The molecule has 0 aliphatic heterocycles. The predicted octanol–water partition coefficient (Wildman–Crippen LogP) is 4.91. The van der Waals surface area contributed by atoms with Gasteiger partial charge in [-0.15, -0.1) is 11.3 Å². The van der Waals surface area contributed by atoms with Crippen molar-refractivity contribution in [2.45, 2.75) is 45.6 Å². The number of rotatable bonds is 5. The van der Waals surface area contributed by atoms with E-state index in [1.165, 1.54) is 35.0 Å². The number of thiophene rings is 1. The number of fused-ring (bicyclic) bond motifs is 1. The summed E-state index contributed by atoms with van der Waals surface area (Å²) in [5.41, 5.74) is 0. The molecule has 0 aromatic carbocycles. The highest BCUT2D eigenvalue weighted by Gasteiger charge is 2.48. The summed E-state index contributed by atoms with van der Waals surface area (Å²) in [7, 11) is 0. The Morgan fingerprint density at radius 2 is 2.11 bits per heavy atom. The molecule has 2 aliphatic rings. The van der Waals surface area contributed by atoms with E-state index in [4.69, 9.17) is 0 Å². The topological polar surface area (TPSA) is 12.0 Å². The largest absolute Gasteiger partial charge is 0.309 e. The van der Waals surface area contributed by atoms with Gasteiger partial charge in [-0.1, -0.05) is 6.92 Å². The minimum atomic E-state index is 0.604. The molecule has 1 heterocycles. The maximum absolute atomic E-state index is 3.80. The molecule has 3 atom stereocenters. The second-order valence-corrected chi connectivity index (χ2v) is 8.11. The van der Waals surface area contributed by atoms with Crippen LogP contribution < -0.4 is 5.32 Å². The van der Waals surface area contributed by atoms with Gasteiger partial charge in [-0.05, 0) is 78.9 Å². The molecule has 1 nitrogen and oxygen atoms in total. The minimum absolute atomic E-state index is 0.604. The van der Waals surface area contributed by atoms with Gasteiger partial charge in [0.1, 0.15) is 0 Å². The molecule has 100 valence electrons. The third kappa shape index (κ3) is 2.54. The van der Waals surface area contributed by atoms with Gasteiger partial charge in [0.25, 0.3) is 0 Å². The highest BCUT2D eigenvalue weighted by atomic mass is 79.9. The zero-order chi connectivity index (χ0) is 12.7. The van der Waals surface area contributed by atoms with Crippen LogP contribution in [0.1, 0.15) is 48.4 Å². The van der Waals surface area contributed by atoms with Gasteiger partial charge in [0.15, 0.2) is 0 Å². The summed E-state index contributed by atoms with van der Waals surface area (Å²) in [5.74, 6) is 3.03. The van der Waals surface area contributed by atoms with Crippen LogP contribution in [0.2, 0.25) is 0 Å². The fraction of sp³-hybridized carbons (Fsp3) is 0.733. The monoisotopic (exact) mass is 327 g/mol. The lowest BCUT2D eigenvalue weighted by Crippen LogP contribution is -2.27. The average Bonchev–Trinajstić information content (AvgIpc) is 2.81. The standard InChI is InChI=1S/C15H22BrNS/c1-3-4-17-15(12-6-10-5-11(10)7-12)14-8-13(16)9(2)18-14/h8,10-12,15,17H,3-7H2,1-2H3. The van der Waals surface area contributed by atoms with Crippen molar-refractivity contribution in [1.29, 1.82) is 0 Å². The van der Waals surface area contributed by atoms with Gasteiger partial charge in [0, 0.05) is 20.3 Å². The van der Waals surface area contributed by atoms with Crippen LogP contribution in [-0.4, -0.2) is 6.54 Å². The van der Waals surface area contributed by atoms with Gasteiger partial charge in [0.05, 0.1) is 0 Å². The van der Waals surface area contributed by atoms with Crippen molar-refractivity contribution in [2.24, 2.45) is 17.8 Å². The van der Waals surface area contributed by atoms with Crippen molar-refractivity contribution < 1.29 is 0 Å². The average molecular weight is 328 g/mol. The van der Waals surface area contributed by atoms with Crippen LogP contribution in [0.4, 0.5) is 0 Å². The summed E-state index contributed by atoms with van der Waals surface area (Å²) in [6.07, 6.45) is 5.66. The van der Waals surface area contributed by atoms with Crippen molar-refractivity contribution in [1.82, 2.24) is 5.32 Å². The Morgan fingerprint density at radius 1 is 1.39 bits per heavy atom. The highest BCUT2D eigenvalue weighted by molar-refractivity contribution is 9.10. The highest BCUT2D eigenvalue weighted by Crippen LogP contribution is 2.57. The van der Waals surface area contributed by atoms with Crippen LogP contribution in [0.15, 0.2) is 10.5 Å². The molecule has 3 unspecified atom stereocenters. The van der Waals surface area contributed by atoms with Gasteiger partial charge in [-0.2, -0.15) is 0 Å². The lowest BCUT2D eigenvalue weighted by molar-refractivity contribution is 0.346. The van der Waals surface area contributed by atoms with E-state index in [0.29, 0.717) is 6.04 Å². The Kier molecular flexibility index (Phi) is 3.84. The normalized spacial score (nSPS) is 31.4. The lowest BCUT2D eigenvalue weighted by atomic mass is 9.93. The molecule has 2 saturated carbocycles. The van der Waals surface area contributed by atoms with Crippen LogP contribution in [-0.2, 0) is 0 Å². The number of halogens is 1. The first-order valence-corrected chi connectivity index (χ1v) is 8.79. The summed E-state index contributed by atoms with van der Waals surface area (Å²) in [5, 5.41) is 3.80. The Hall–Kier alpha value is 0.140. The summed E-state index contributed by atoms with van der Waals surface area (Å²) in [6, 6.07) is 2.95. The molecule has 2 fully saturated rings. The number of aryl methyl sites for hydroxylation is 1. The Balaban J connectivity index is 1.75. The lowest BCUT2D eigenvalue weighted by Gasteiger charge is -2.25. The molecule has 0 amide bonds. The van der Waals surface area contributed by atoms with E-state index in [1.54, 1.807) is 4.88 Å². The smallest absolute Gasteiger partial charge is 0.0444 e. The van der Waals surface area contributed by atoms with Gasteiger partial charge in [-0.25, -0.2) is 0 Å². The van der Waals surface area contributed by atoms with Gasteiger partial charge in [0.2, 0.25) is 0 Å². The molecule has 3 rings (SSSR count). The minimum Gasteiger partial charge on any atom is -0.309 e. The van der Waals surface area contributed by atoms with E-state index in [2.05, 4.69) is 41.2 Å². The molecule has 0 spiro atoms. The number of nitrogens with one attached hydrogen (secondary N) is 1. The van der Waals surface area contributed by atoms with E-state index in [9.17, 15) is 0 Å². The van der Waals surface area contributed by atoms with Crippen molar-refractivity contribution in [3.63, 3.8) is 0 Å². The van der Waals surface area contributed by atoms with Crippen LogP contribution in [0.5, 0.6) is 0 Å². The molecule has 3 heteroatoms. The van der Waals surface area contributed by atoms with Gasteiger partial charge >= 0.3 is 0 Å². The first kappa shape index (κ1) is 13.1. The summed E-state index contributed by atoms with van der Waals surface area (Å²) in [4.78, 5) is 2.95. The van der Waals surface area contributed by atoms with Crippen LogP contribution in [0, 0.1) is 24.7 Å². The third-order valence-corrected chi connectivity index (χ3v) is 6.77. The Labute approximate surface area is 122 Å². The maximum atomic E-state index is 3.80. The van der Waals surface area contributed by atoms with E-state index < -0.39 is 0 Å². The van der Waals surface area contributed by atoms with Crippen molar-refractivity contribution in [3.05, 3.63) is 20.3 Å². The maximum Gasteiger partial charge on any atom is 0.0444 e. The number of hydrogen-bond acceptors (Lipinski definition) is 2. The molecular formula is C15H22BrNS. The molecule has 1 N–H and O–H groups in total. The summed E-state index contributed by atoms with van der Waals surface area (Å²) >= 11 is 5.63. The molecule has 0 bridgehead atoms. The van der Waals surface area contributed by atoms with Gasteiger partial charge < -0.3 is 5.32 Å². The third-order valence-electron chi connectivity index (χ3n) is 4.55. The predicted molar refractivity (Wildman–Crippen MR) is 82.1 cm³/mol. The molecule has 1 aromatic rings. The van der Waals surface area contributed by atoms with E-state index >= 15 is 0 Å². The first-order valence-electron chi connectivity index (χ1n) is 7.18. The SMILES string of the molecule is CCCNC(c1cc(Br)c(C)s1)C1CC2CC2C1. The number of hydrogen-bond donors (Lipinski definition) is 1. The van der Waals surface area contributed by atoms with Crippen molar-refractivity contribution in [2.75, 3.05) is 6.54 Å². The molecule has 0 radical (unpaired) electrons. The molecule has 1 aromatic heterocycles. The first-order chi connectivity index (χ1) is 8.69. The summed E-state index contributed by atoms with van der Waals surface area (Å²) in [6.45, 7) is 5.61.